The van der Waals surface area contributed by atoms with Crippen LogP contribution in [0.25, 0.3) is 0 Å². The minimum absolute atomic E-state index is 0.103. The Balaban J connectivity index is 1.83. The van der Waals surface area contributed by atoms with Gasteiger partial charge in [-0.2, -0.15) is 0 Å². The lowest BCUT2D eigenvalue weighted by atomic mass is 9.73. The molecule has 0 saturated carbocycles. The van der Waals surface area contributed by atoms with E-state index in [0.717, 1.165) is 17.7 Å². The molecule has 0 fully saturated rings. The van der Waals surface area contributed by atoms with E-state index in [1.54, 1.807) is 7.11 Å². The van der Waals surface area contributed by atoms with Crippen molar-refractivity contribution in [2.45, 2.75) is 39.7 Å². The fourth-order valence-corrected chi connectivity index (χ4v) is 3.89. The van der Waals surface area contributed by atoms with Gasteiger partial charge >= 0.3 is 0 Å². The van der Waals surface area contributed by atoms with E-state index >= 15 is 0 Å². The second-order valence-electron chi connectivity index (χ2n) is 7.84. The van der Waals surface area contributed by atoms with Crippen molar-refractivity contribution in [3.05, 3.63) is 35.0 Å². The highest BCUT2D eigenvalue weighted by Gasteiger charge is 2.40. The van der Waals surface area contributed by atoms with Gasteiger partial charge in [-0.25, -0.2) is 4.63 Å². The van der Waals surface area contributed by atoms with Gasteiger partial charge in [0, 0.05) is 17.7 Å². The minimum Gasteiger partial charge on any atom is -0.493 e. The van der Waals surface area contributed by atoms with Crippen LogP contribution in [0.15, 0.2) is 34.1 Å². The maximum Gasteiger partial charge on any atom is 0.219 e. The first kappa shape index (κ1) is 18.3. The number of ketones is 1. The molecule has 0 saturated heterocycles. The third kappa shape index (κ3) is 3.19. The fraction of sp³-hybridized carbons (Fsp3) is 0.450. The Bertz CT molecular complexity index is 947. The van der Waals surface area contributed by atoms with Gasteiger partial charge in [0.25, 0.3) is 0 Å². The zero-order valence-corrected chi connectivity index (χ0v) is 16.5. The zero-order chi connectivity index (χ0) is 19.9. The number of rotatable bonds is 4. The van der Waals surface area contributed by atoms with E-state index in [4.69, 9.17) is 14.1 Å². The average molecular weight is 384 g/mol. The Morgan fingerprint density at radius 2 is 2.00 bits per heavy atom. The zero-order valence-electron chi connectivity index (χ0n) is 16.5. The second-order valence-corrected chi connectivity index (χ2v) is 7.84. The number of benzene rings is 1. The van der Waals surface area contributed by atoms with Crippen LogP contribution in [0.3, 0.4) is 0 Å². The summed E-state index contributed by atoms with van der Waals surface area (Å²) in [6.07, 6.45) is 1.21. The molecule has 0 spiro atoms. The van der Waals surface area contributed by atoms with Crippen molar-refractivity contribution in [1.82, 2.24) is 10.3 Å². The van der Waals surface area contributed by atoms with E-state index in [1.807, 2.05) is 25.1 Å². The van der Waals surface area contributed by atoms with Crippen LogP contribution in [0.5, 0.6) is 11.5 Å². The van der Waals surface area contributed by atoms with Crippen molar-refractivity contribution in [3.63, 3.8) is 0 Å². The molecule has 2 aromatic rings. The highest BCUT2D eigenvalue weighted by atomic mass is 16.6. The van der Waals surface area contributed by atoms with Crippen molar-refractivity contribution in [1.29, 1.82) is 0 Å². The average Bonchev–Trinajstić information content (AvgIpc) is 3.00. The first-order chi connectivity index (χ1) is 13.4. The van der Waals surface area contributed by atoms with Gasteiger partial charge < -0.3 is 20.1 Å². The molecule has 8 nitrogen and oxygen atoms in total. The van der Waals surface area contributed by atoms with Gasteiger partial charge in [0.15, 0.2) is 17.3 Å². The van der Waals surface area contributed by atoms with Crippen LogP contribution in [0.2, 0.25) is 0 Å². The van der Waals surface area contributed by atoms with E-state index in [2.05, 4.69) is 34.8 Å². The normalized spacial score (nSPS) is 20.4. The molecule has 1 aromatic carbocycles. The standard InChI is InChI=1S/C20H24N4O4/c1-5-27-14-7-6-11(8-15(14)26-4)17-16-12(9-20(2,3)10-13(16)25)21-18-19(22-17)24-28-23-18/h6-8,17H,5,9-10H2,1-4H3,(H,21,23)(H,22,24). The third-order valence-corrected chi connectivity index (χ3v) is 5.07. The van der Waals surface area contributed by atoms with Gasteiger partial charge in [-0.15, -0.1) is 0 Å². The van der Waals surface area contributed by atoms with Crippen LogP contribution in [-0.4, -0.2) is 29.8 Å². The van der Waals surface area contributed by atoms with Gasteiger partial charge in [-0.3, -0.25) is 4.79 Å². The molecule has 8 heteroatoms. The van der Waals surface area contributed by atoms with E-state index in [0.29, 0.717) is 41.7 Å². The number of nitrogens with one attached hydrogen (secondary N) is 2. The number of hydrogen-bond donors (Lipinski definition) is 2. The number of carbonyl (C=O) groups is 1. The molecule has 1 aliphatic heterocycles. The molecule has 2 aliphatic rings. The maximum atomic E-state index is 13.1. The molecular formula is C20H24N4O4. The van der Waals surface area contributed by atoms with Crippen LogP contribution in [-0.2, 0) is 4.79 Å². The van der Waals surface area contributed by atoms with E-state index < -0.39 is 6.04 Å². The number of allylic oxidation sites excluding steroid dienone is 1. The predicted molar refractivity (Wildman–Crippen MR) is 103 cm³/mol. The van der Waals surface area contributed by atoms with Gasteiger partial charge in [-0.05, 0) is 46.8 Å². The Morgan fingerprint density at radius 1 is 1.21 bits per heavy atom. The quantitative estimate of drug-likeness (QED) is 0.823. The molecule has 1 atom stereocenters. The summed E-state index contributed by atoms with van der Waals surface area (Å²) in [5.74, 6) is 2.33. The Kier molecular flexibility index (Phi) is 4.49. The summed E-state index contributed by atoms with van der Waals surface area (Å²) in [5, 5.41) is 14.4. The Hall–Kier alpha value is -3.03. The van der Waals surface area contributed by atoms with Crippen molar-refractivity contribution < 1.29 is 18.9 Å². The van der Waals surface area contributed by atoms with Crippen LogP contribution in [0.4, 0.5) is 11.6 Å². The monoisotopic (exact) mass is 384 g/mol. The molecule has 148 valence electrons. The first-order valence-electron chi connectivity index (χ1n) is 9.35. The lowest BCUT2D eigenvalue weighted by molar-refractivity contribution is -0.118. The van der Waals surface area contributed by atoms with E-state index in [9.17, 15) is 4.79 Å². The van der Waals surface area contributed by atoms with Crippen LogP contribution in [0.1, 0.15) is 45.2 Å². The largest absolute Gasteiger partial charge is 0.493 e. The van der Waals surface area contributed by atoms with Crippen molar-refractivity contribution in [2.75, 3.05) is 24.4 Å². The SMILES string of the molecule is CCOc1ccc(C2Nc3nonc3NC3=C2C(=O)CC(C)(C)C3)cc1OC. The second kappa shape index (κ2) is 6.85. The number of ether oxygens (including phenoxy) is 2. The van der Waals surface area contributed by atoms with Gasteiger partial charge in [0.1, 0.15) is 0 Å². The summed E-state index contributed by atoms with van der Waals surface area (Å²) in [5.41, 5.74) is 2.29. The molecule has 1 aromatic heterocycles. The molecule has 1 aliphatic carbocycles. The molecule has 2 heterocycles. The molecule has 0 bridgehead atoms. The van der Waals surface area contributed by atoms with E-state index in [1.165, 1.54) is 0 Å². The topological polar surface area (TPSA) is 98.5 Å². The lowest BCUT2D eigenvalue weighted by Crippen LogP contribution is -2.31. The number of Topliss-reactive ketones (excluding diaryl/α,β-unsaturated/α-hetero) is 1. The van der Waals surface area contributed by atoms with Crippen LogP contribution in [0, 0.1) is 5.41 Å². The fourth-order valence-electron chi connectivity index (χ4n) is 3.89. The number of methoxy groups -OCH3 is 1. The Morgan fingerprint density at radius 3 is 2.75 bits per heavy atom. The number of aromatic nitrogens is 2. The summed E-state index contributed by atoms with van der Waals surface area (Å²) in [4.78, 5) is 13.1. The number of carbonyl (C=O) groups excluding carboxylic acids is 1. The molecule has 28 heavy (non-hydrogen) atoms. The summed E-state index contributed by atoms with van der Waals surface area (Å²) in [6.45, 7) is 6.64. The van der Waals surface area contributed by atoms with Crippen molar-refractivity contribution in [3.8, 4) is 11.5 Å². The highest BCUT2D eigenvalue weighted by molar-refractivity contribution is 6.00. The van der Waals surface area contributed by atoms with Crippen molar-refractivity contribution in [2.24, 2.45) is 5.41 Å². The van der Waals surface area contributed by atoms with E-state index in [-0.39, 0.29) is 11.2 Å². The van der Waals surface area contributed by atoms with Gasteiger partial charge in [-0.1, -0.05) is 19.9 Å². The number of hydrogen-bond acceptors (Lipinski definition) is 8. The molecule has 4 rings (SSSR count). The Labute approximate surface area is 163 Å². The molecule has 1 unspecified atom stereocenters. The molecular weight excluding hydrogens is 360 g/mol. The van der Waals surface area contributed by atoms with Gasteiger partial charge in [0.2, 0.25) is 11.6 Å². The third-order valence-electron chi connectivity index (χ3n) is 5.07. The number of anilines is 2. The summed E-state index contributed by atoms with van der Waals surface area (Å²) in [7, 11) is 1.60. The molecule has 0 amide bonds. The van der Waals surface area contributed by atoms with Crippen LogP contribution < -0.4 is 20.1 Å². The highest BCUT2D eigenvalue weighted by Crippen LogP contribution is 2.45. The predicted octanol–water partition coefficient (Wildman–Crippen LogP) is 3.70. The van der Waals surface area contributed by atoms with Crippen molar-refractivity contribution >= 4 is 17.4 Å². The number of nitrogens with zero attached hydrogens (tertiary/aromatic N) is 2. The molecule has 0 radical (unpaired) electrons. The summed E-state index contributed by atoms with van der Waals surface area (Å²) in [6, 6.07) is 5.28. The minimum atomic E-state index is -0.399. The lowest BCUT2D eigenvalue weighted by Gasteiger charge is -2.34. The number of fused-ring (bicyclic) bond motifs is 1. The summed E-state index contributed by atoms with van der Waals surface area (Å²) < 4.78 is 16.0. The summed E-state index contributed by atoms with van der Waals surface area (Å²) >= 11 is 0. The van der Waals surface area contributed by atoms with Crippen LogP contribution >= 0.6 is 0 Å². The first-order valence-corrected chi connectivity index (χ1v) is 9.35. The smallest absolute Gasteiger partial charge is 0.219 e. The molecule has 2 N–H and O–H groups in total. The maximum absolute atomic E-state index is 13.1. The van der Waals surface area contributed by atoms with Gasteiger partial charge in [0.05, 0.1) is 19.8 Å².